The molecule has 2 rings (SSSR count). The van der Waals surface area contributed by atoms with E-state index < -0.39 is 16.1 Å². The molecule has 1 N–H and O–H groups in total. The molecule has 0 heterocycles. The molecule has 2 unspecified atom stereocenters. The molecule has 0 aromatic heterocycles. The van der Waals surface area contributed by atoms with E-state index in [2.05, 4.69) is 6.92 Å². The quantitative estimate of drug-likeness (QED) is 0.909. The summed E-state index contributed by atoms with van der Waals surface area (Å²) in [5.41, 5.74) is 1.15. The number of benzene rings is 1. The highest BCUT2D eigenvalue weighted by atomic mass is 32.2. The second-order valence-corrected chi connectivity index (χ2v) is 7.83. The van der Waals surface area contributed by atoms with Crippen molar-refractivity contribution in [3.8, 4) is 0 Å². The number of aliphatic hydroxyl groups is 1. The van der Waals surface area contributed by atoms with Gasteiger partial charge in [-0.15, -0.1) is 0 Å². The van der Waals surface area contributed by atoms with Crippen LogP contribution in [0.25, 0.3) is 0 Å². The van der Waals surface area contributed by atoms with E-state index in [9.17, 15) is 13.5 Å². The first-order valence-electron chi connectivity index (χ1n) is 7.72. The minimum absolute atomic E-state index is 0.306. The summed E-state index contributed by atoms with van der Waals surface area (Å²) in [6.45, 7) is 2.10. The SMILES string of the molecule is CCCc1ccc(S(=O)(=O)N(C)C2CCCCC2O)cc1. The van der Waals surface area contributed by atoms with Crippen LogP contribution in [0.2, 0.25) is 0 Å². The van der Waals surface area contributed by atoms with E-state index in [4.69, 9.17) is 0 Å². The van der Waals surface area contributed by atoms with Crippen molar-refractivity contribution in [2.24, 2.45) is 0 Å². The van der Waals surface area contributed by atoms with Gasteiger partial charge in [0.05, 0.1) is 17.0 Å². The van der Waals surface area contributed by atoms with Gasteiger partial charge >= 0.3 is 0 Å². The van der Waals surface area contributed by atoms with Gasteiger partial charge in [-0.2, -0.15) is 4.31 Å². The largest absolute Gasteiger partial charge is 0.391 e. The van der Waals surface area contributed by atoms with Crippen LogP contribution in [-0.4, -0.2) is 37.0 Å². The van der Waals surface area contributed by atoms with Gasteiger partial charge in [-0.3, -0.25) is 0 Å². The Morgan fingerprint density at radius 1 is 1.19 bits per heavy atom. The van der Waals surface area contributed by atoms with Crippen molar-refractivity contribution >= 4 is 10.0 Å². The molecule has 0 bridgehead atoms. The Labute approximate surface area is 127 Å². The number of nitrogens with zero attached hydrogens (tertiary/aromatic N) is 1. The molecule has 118 valence electrons. The van der Waals surface area contributed by atoms with E-state index >= 15 is 0 Å². The molecule has 5 heteroatoms. The summed E-state index contributed by atoms with van der Waals surface area (Å²) in [7, 11) is -1.95. The van der Waals surface area contributed by atoms with Crippen LogP contribution in [0.15, 0.2) is 29.2 Å². The predicted molar refractivity (Wildman–Crippen MR) is 83.6 cm³/mol. The van der Waals surface area contributed by atoms with Gasteiger partial charge in [-0.1, -0.05) is 38.3 Å². The van der Waals surface area contributed by atoms with Crippen molar-refractivity contribution in [3.63, 3.8) is 0 Å². The Morgan fingerprint density at radius 2 is 1.81 bits per heavy atom. The van der Waals surface area contributed by atoms with Crippen LogP contribution in [0.1, 0.15) is 44.6 Å². The Bertz CT molecular complexity index is 553. The molecule has 0 spiro atoms. The molecule has 4 nitrogen and oxygen atoms in total. The second-order valence-electron chi connectivity index (χ2n) is 5.83. The Hall–Kier alpha value is -0.910. The summed E-state index contributed by atoms with van der Waals surface area (Å²) in [5.74, 6) is 0. The van der Waals surface area contributed by atoms with E-state index in [1.54, 1.807) is 19.2 Å². The Morgan fingerprint density at radius 3 is 2.38 bits per heavy atom. The summed E-state index contributed by atoms with van der Waals surface area (Å²) in [6.07, 6.45) is 4.79. The molecule has 0 radical (unpaired) electrons. The van der Waals surface area contributed by atoms with Gasteiger partial charge in [-0.05, 0) is 37.0 Å². The summed E-state index contributed by atoms with van der Waals surface area (Å²) >= 11 is 0. The highest BCUT2D eigenvalue weighted by Crippen LogP contribution is 2.27. The zero-order valence-electron chi connectivity index (χ0n) is 12.8. The van der Waals surface area contributed by atoms with E-state index in [-0.39, 0.29) is 6.04 Å². The highest BCUT2D eigenvalue weighted by Gasteiger charge is 2.34. The highest BCUT2D eigenvalue weighted by molar-refractivity contribution is 7.89. The molecule has 0 aliphatic heterocycles. The van der Waals surface area contributed by atoms with Gasteiger partial charge < -0.3 is 5.11 Å². The average Bonchev–Trinajstić information content (AvgIpc) is 2.48. The molecule has 1 aromatic carbocycles. The fourth-order valence-electron chi connectivity index (χ4n) is 2.98. The number of sulfonamides is 1. The first kappa shape index (κ1) is 16.5. The van der Waals surface area contributed by atoms with Gasteiger partial charge in [0.1, 0.15) is 0 Å². The molecule has 1 aromatic rings. The van der Waals surface area contributed by atoms with Crippen LogP contribution in [-0.2, 0) is 16.4 Å². The summed E-state index contributed by atoms with van der Waals surface area (Å²) in [4.78, 5) is 0.308. The monoisotopic (exact) mass is 311 g/mol. The fourth-order valence-corrected chi connectivity index (χ4v) is 4.39. The van der Waals surface area contributed by atoms with E-state index in [0.29, 0.717) is 11.3 Å². The zero-order valence-corrected chi connectivity index (χ0v) is 13.6. The lowest BCUT2D eigenvalue weighted by molar-refractivity contribution is 0.0638. The standard InChI is InChI=1S/C16H25NO3S/c1-3-6-13-9-11-14(12-10-13)21(19,20)17(2)15-7-4-5-8-16(15)18/h9-12,15-16,18H,3-8H2,1-2H3. The van der Waals surface area contributed by atoms with Crippen molar-refractivity contribution < 1.29 is 13.5 Å². The maximum atomic E-state index is 12.7. The van der Waals surface area contributed by atoms with Crippen molar-refractivity contribution in [2.75, 3.05) is 7.05 Å². The molecule has 0 amide bonds. The fraction of sp³-hybridized carbons (Fsp3) is 0.625. The van der Waals surface area contributed by atoms with Crippen LogP contribution in [0.5, 0.6) is 0 Å². The molecule has 0 saturated heterocycles. The molecule has 2 atom stereocenters. The van der Waals surface area contributed by atoms with Crippen LogP contribution in [0.3, 0.4) is 0 Å². The first-order chi connectivity index (χ1) is 9.96. The smallest absolute Gasteiger partial charge is 0.243 e. The lowest BCUT2D eigenvalue weighted by Crippen LogP contribution is -2.46. The maximum Gasteiger partial charge on any atom is 0.243 e. The average molecular weight is 311 g/mol. The van der Waals surface area contributed by atoms with E-state index in [1.807, 2.05) is 12.1 Å². The number of likely N-dealkylation sites (N-methyl/N-ethyl adjacent to an activating group) is 1. The van der Waals surface area contributed by atoms with Crippen molar-refractivity contribution in [1.29, 1.82) is 0 Å². The molecule has 1 aliphatic carbocycles. The number of aliphatic hydroxyl groups excluding tert-OH is 1. The molecular weight excluding hydrogens is 286 g/mol. The maximum absolute atomic E-state index is 12.7. The van der Waals surface area contributed by atoms with Gasteiger partial charge in [0.15, 0.2) is 0 Å². The van der Waals surface area contributed by atoms with Crippen LogP contribution in [0.4, 0.5) is 0 Å². The minimum atomic E-state index is -3.53. The van der Waals surface area contributed by atoms with Crippen molar-refractivity contribution in [3.05, 3.63) is 29.8 Å². The van der Waals surface area contributed by atoms with Gasteiger partial charge in [0.25, 0.3) is 0 Å². The van der Waals surface area contributed by atoms with Crippen LogP contribution >= 0.6 is 0 Å². The van der Waals surface area contributed by atoms with Crippen molar-refractivity contribution in [2.45, 2.75) is 62.5 Å². The Balaban J connectivity index is 2.19. The van der Waals surface area contributed by atoms with Gasteiger partial charge in [0.2, 0.25) is 10.0 Å². The topological polar surface area (TPSA) is 57.6 Å². The third kappa shape index (κ3) is 3.65. The third-order valence-electron chi connectivity index (χ3n) is 4.30. The second kappa shape index (κ2) is 6.90. The normalized spacial score (nSPS) is 23.4. The summed E-state index contributed by atoms with van der Waals surface area (Å²) in [5, 5.41) is 10.1. The van der Waals surface area contributed by atoms with E-state index in [1.165, 1.54) is 4.31 Å². The zero-order chi connectivity index (χ0) is 15.5. The first-order valence-corrected chi connectivity index (χ1v) is 9.16. The summed E-state index contributed by atoms with van der Waals surface area (Å²) in [6, 6.07) is 6.79. The lowest BCUT2D eigenvalue weighted by Gasteiger charge is -2.34. The van der Waals surface area contributed by atoms with Gasteiger partial charge in [-0.25, -0.2) is 8.42 Å². The van der Waals surface area contributed by atoms with Crippen molar-refractivity contribution in [1.82, 2.24) is 4.31 Å². The molecule has 1 fully saturated rings. The molecule has 1 saturated carbocycles. The van der Waals surface area contributed by atoms with Gasteiger partial charge in [0, 0.05) is 7.05 Å². The number of hydrogen-bond acceptors (Lipinski definition) is 3. The Kier molecular flexibility index (Phi) is 5.41. The van der Waals surface area contributed by atoms with Crippen LogP contribution in [0, 0.1) is 0 Å². The number of rotatable bonds is 5. The number of hydrogen-bond donors (Lipinski definition) is 1. The summed E-state index contributed by atoms with van der Waals surface area (Å²) < 4.78 is 26.7. The number of aryl methyl sites for hydroxylation is 1. The predicted octanol–water partition coefficient (Wildman–Crippen LogP) is 2.56. The van der Waals surface area contributed by atoms with Crippen LogP contribution < -0.4 is 0 Å². The minimum Gasteiger partial charge on any atom is -0.391 e. The molecule has 1 aliphatic rings. The van der Waals surface area contributed by atoms with E-state index in [0.717, 1.165) is 37.7 Å². The molecule has 21 heavy (non-hydrogen) atoms. The third-order valence-corrected chi connectivity index (χ3v) is 6.20. The lowest BCUT2D eigenvalue weighted by atomic mass is 9.93. The molecular formula is C16H25NO3S.